The number of fused-ring (bicyclic) bond motifs is 2. The molecule has 3 heterocycles. The third kappa shape index (κ3) is 3.18. The van der Waals surface area contributed by atoms with Gasteiger partial charge in [-0.3, -0.25) is 4.79 Å². The van der Waals surface area contributed by atoms with Crippen molar-refractivity contribution in [2.75, 3.05) is 11.9 Å². The second kappa shape index (κ2) is 7.44. The molecule has 3 aromatic rings. The van der Waals surface area contributed by atoms with Crippen LogP contribution in [0, 0.1) is 0 Å². The average molecular weight is 404 g/mol. The molecule has 0 unspecified atom stereocenters. The number of hydrogen-bond donors (Lipinski definition) is 1. The third-order valence-electron chi connectivity index (χ3n) is 5.55. The van der Waals surface area contributed by atoms with Gasteiger partial charge < -0.3 is 24.1 Å². The predicted molar refractivity (Wildman–Crippen MR) is 113 cm³/mol. The molecule has 5 rings (SSSR count). The summed E-state index contributed by atoms with van der Waals surface area (Å²) in [5.41, 5.74) is 3.46. The summed E-state index contributed by atoms with van der Waals surface area (Å²) in [5, 5.41) is 3.54. The SMILES string of the molecule is CCOc1cc2c(cc1[C@@H]1Nc3ccccc3C(=O)N1Cc1ccco1)O[C@H](C)C2. The van der Waals surface area contributed by atoms with Crippen LogP contribution in [0.25, 0.3) is 0 Å². The number of para-hydroxylation sites is 1. The first-order valence-corrected chi connectivity index (χ1v) is 10.3. The molecule has 6 heteroatoms. The lowest BCUT2D eigenvalue weighted by molar-refractivity contribution is 0.0648. The molecule has 2 aromatic carbocycles. The van der Waals surface area contributed by atoms with Crippen LogP contribution in [0.1, 0.15) is 47.3 Å². The first kappa shape index (κ1) is 18.6. The maximum absolute atomic E-state index is 13.5. The smallest absolute Gasteiger partial charge is 0.258 e. The molecule has 1 N–H and O–H groups in total. The number of carbonyl (C=O) groups is 1. The van der Waals surface area contributed by atoms with E-state index in [0.717, 1.165) is 40.5 Å². The zero-order chi connectivity index (χ0) is 20.7. The predicted octanol–water partition coefficient (Wildman–Crippen LogP) is 4.77. The summed E-state index contributed by atoms with van der Waals surface area (Å²) in [7, 11) is 0. The van der Waals surface area contributed by atoms with Crippen LogP contribution in [0.15, 0.2) is 59.2 Å². The minimum absolute atomic E-state index is 0.0528. The van der Waals surface area contributed by atoms with Gasteiger partial charge in [0.2, 0.25) is 0 Å². The highest BCUT2D eigenvalue weighted by atomic mass is 16.5. The quantitative estimate of drug-likeness (QED) is 0.664. The van der Waals surface area contributed by atoms with Crippen LogP contribution in [-0.2, 0) is 13.0 Å². The number of anilines is 1. The Balaban J connectivity index is 1.62. The summed E-state index contributed by atoms with van der Waals surface area (Å²) >= 11 is 0. The van der Waals surface area contributed by atoms with Gasteiger partial charge in [0.15, 0.2) is 0 Å². The zero-order valence-corrected chi connectivity index (χ0v) is 17.1. The molecular formula is C24H24N2O4. The molecule has 0 saturated heterocycles. The van der Waals surface area contributed by atoms with E-state index in [2.05, 4.69) is 18.3 Å². The van der Waals surface area contributed by atoms with E-state index in [1.54, 1.807) is 11.2 Å². The van der Waals surface area contributed by atoms with Crippen LogP contribution in [0.2, 0.25) is 0 Å². The molecule has 0 bridgehead atoms. The Morgan fingerprint density at radius 1 is 1.20 bits per heavy atom. The van der Waals surface area contributed by atoms with E-state index in [4.69, 9.17) is 13.9 Å². The summed E-state index contributed by atoms with van der Waals surface area (Å²) in [5.74, 6) is 2.29. The molecule has 0 radical (unpaired) electrons. The van der Waals surface area contributed by atoms with E-state index < -0.39 is 6.17 Å². The van der Waals surface area contributed by atoms with Crippen LogP contribution in [0.3, 0.4) is 0 Å². The number of amides is 1. The molecule has 0 spiro atoms. The summed E-state index contributed by atoms with van der Waals surface area (Å²) < 4.78 is 17.5. The molecule has 2 aliphatic heterocycles. The molecule has 2 atom stereocenters. The summed E-state index contributed by atoms with van der Waals surface area (Å²) in [4.78, 5) is 15.2. The van der Waals surface area contributed by atoms with Crippen molar-refractivity contribution in [3.8, 4) is 11.5 Å². The Labute approximate surface area is 175 Å². The highest BCUT2D eigenvalue weighted by Gasteiger charge is 2.36. The van der Waals surface area contributed by atoms with Gasteiger partial charge in [-0.15, -0.1) is 0 Å². The summed E-state index contributed by atoms with van der Waals surface area (Å²) in [6.07, 6.45) is 2.19. The highest BCUT2D eigenvalue weighted by molar-refractivity contribution is 6.01. The van der Waals surface area contributed by atoms with Gasteiger partial charge in [0, 0.05) is 23.2 Å². The van der Waals surface area contributed by atoms with Gasteiger partial charge in [0.25, 0.3) is 5.91 Å². The van der Waals surface area contributed by atoms with Crippen molar-refractivity contribution in [2.45, 2.75) is 39.1 Å². The van der Waals surface area contributed by atoms with Gasteiger partial charge in [-0.2, -0.15) is 0 Å². The lowest BCUT2D eigenvalue weighted by Gasteiger charge is -2.38. The van der Waals surface area contributed by atoms with Crippen molar-refractivity contribution in [3.63, 3.8) is 0 Å². The number of benzene rings is 2. The molecular weight excluding hydrogens is 380 g/mol. The second-order valence-electron chi connectivity index (χ2n) is 7.67. The van der Waals surface area contributed by atoms with Crippen LogP contribution in [-0.4, -0.2) is 23.5 Å². The molecule has 30 heavy (non-hydrogen) atoms. The number of rotatable bonds is 5. The minimum atomic E-state index is -0.413. The van der Waals surface area contributed by atoms with Crippen molar-refractivity contribution in [1.29, 1.82) is 0 Å². The van der Waals surface area contributed by atoms with Gasteiger partial charge in [0.05, 0.1) is 25.0 Å². The highest BCUT2D eigenvalue weighted by Crippen LogP contribution is 2.42. The topological polar surface area (TPSA) is 63.9 Å². The van der Waals surface area contributed by atoms with Gasteiger partial charge in [-0.05, 0) is 50.2 Å². The Morgan fingerprint density at radius 2 is 2.07 bits per heavy atom. The molecule has 0 saturated carbocycles. The van der Waals surface area contributed by atoms with E-state index in [9.17, 15) is 4.79 Å². The molecule has 1 amide bonds. The molecule has 0 fully saturated rings. The Morgan fingerprint density at radius 3 is 2.87 bits per heavy atom. The lowest BCUT2D eigenvalue weighted by Crippen LogP contribution is -2.42. The first-order chi connectivity index (χ1) is 14.6. The van der Waals surface area contributed by atoms with Crippen LogP contribution >= 0.6 is 0 Å². The maximum atomic E-state index is 13.5. The summed E-state index contributed by atoms with van der Waals surface area (Å²) in [6, 6.07) is 15.3. The molecule has 6 nitrogen and oxygen atoms in total. The van der Waals surface area contributed by atoms with Gasteiger partial charge in [-0.1, -0.05) is 12.1 Å². The number of furan rings is 1. The standard InChI is InChI=1S/C24H24N2O4/c1-3-28-22-12-16-11-15(2)30-21(16)13-19(22)23-25-20-9-5-4-8-18(20)24(27)26(23)14-17-7-6-10-29-17/h4-10,12-13,15,23,25H,3,11,14H2,1-2H3/t15-,23-/m1/s1. The Hall–Kier alpha value is -3.41. The van der Waals surface area contributed by atoms with Crippen molar-refractivity contribution >= 4 is 11.6 Å². The fraction of sp³-hybridized carbons (Fsp3) is 0.292. The third-order valence-corrected chi connectivity index (χ3v) is 5.55. The molecule has 154 valence electrons. The van der Waals surface area contributed by atoms with E-state index in [-0.39, 0.29) is 12.0 Å². The largest absolute Gasteiger partial charge is 0.493 e. The Kier molecular flexibility index (Phi) is 4.62. The van der Waals surface area contributed by atoms with Crippen molar-refractivity contribution in [2.24, 2.45) is 0 Å². The van der Waals surface area contributed by atoms with Crippen LogP contribution < -0.4 is 14.8 Å². The van der Waals surface area contributed by atoms with Gasteiger partial charge in [0.1, 0.15) is 29.5 Å². The maximum Gasteiger partial charge on any atom is 0.258 e. The minimum Gasteiger partial charge on any atom is -0.493 e. The Bertz CT molecular complexity index is 1080. The van der Waals surface area contributed by atoms with Crippen LogP contribution in [0.5, 0.6) is 11.5 Å². The number of carbonyl (C=O) groups excluding carboxylic acids is 1. The molecule has 1 aromatic heterocycles. The molecule has 0 aliphatic carbocycles. The number of nitrogens with one attached hydrogen (secondary N) is 1. The van der Waals surface area contributed by atoms with Crippen molar-refractivity contribution < 1.29 is 18.7 Å². The normalized spacial score (nSPS) is 19.7. The van der Waals surface area contributed by atoms with Gasteiger partial charge >= 0.3 is 0 Å². The average Bonchev–Trinajstić information content (AvgIpc) is 3.38. The first-order valence-electron chi connectivity index (χ1n) is 10.3. The number of nitrogens with zero attached hydrogens (tertiary/aromatic N) is 1. The number of ether oxygens (including phenoxy) is 2. The summed E-state index contributed by atoms with van der Waals surface area (Å²) in [6.45, 7) is 4.91. The lowest BCUT2D eigenvalue weighted by atomic mass is 10.00. The van der Waals surface area contributed by atoms with E-state index in [1.807, 2.05) is 49.4 Å². The monoisotopic (exact) mass is 404 g/mol. The van der Waals surface area contributed by atoms with Crippen molar-refractivity contribution in [3.05, 3.63) is 77.2 Å². The zero-order valence-electron chi connectivity index (χ0n) is 17.1. The number of hydrogen-bond acceptors (Lipinski definition) is 5. The molecule has 2 aliphatic rings. The fourth-order valence-electron chi connectivity index (χ4n) is 4.22. The fourth-order valence-corrected chi connectivity index (χ4v) is 4.22. The van der Waals surface area contributed by atoms with Crippen LogP contribution in [0.4, 0.5) is 5.69 Å². The van der Waals surface area contributed by atoms with E-state index in [0.29, 0.717) is 18.7 Å². The second-order valence-corrected chi connectivity index (χ2v) is 7.67. The van der Waals surface area contributed by atoms with Crippen molar-refractivity contribution in [1.82, 2.24) is 4.90 Å². The van der Waals surface area contributed by atoms with Gasteiger partial charge in [-0.25, -0.2) is 0 Å². The van der Waals surface area contributed by atoms with E-state index >= 15 is 0 Å². The van der Waals surface area contributed by atoms with E-state index in [1.165, 1.54) is 0 Å².